The number of hydrogen-bond donors (Lipinski definition) is 2. The summed E-state index contributed by atoms with van der Waals surface area (Å²) < 4.78 is 1.99. The zero-order valence-corrected chi connectivity index (χ0v) is 17.9. The van der Waals surface area contributed by atoms with Gasteiger partial charge in [0.1, 0.15) is 5.65 Å². The van der Waals surface area contributed by atoms with Gasteiger partial charge < -0.3 is 4.40 Å². The van der Waals surface area contributed by atoms with Crippen molar-refractivity contribution in [3.63, 3.8) is 0 Å². The maximum absolute atomic E-state index is 12.3. The Morgan fingerprint density at radius 2 is 2.24 bits per heavy atom. The van der Waals surface area contributed by atoms with Crippen LogP contribution in [0, 0.1) is 5.92 Å². The number of aromatic nitrogens is 2. The molecule has 8 heteroatoms. The second kappa shape index (κ2) is 9.00. The summed E-state index contributed by atoms with van der Waals surface area (Å²) in [6.07, 6.45) is 7.58. The van der Waals surface area contributed by atoms with Crippen molar-refractivity contribution in [2.75, 3.05) is 5.75 Å². The Hall–Kier alpha value is -2.32. The zero-order chi connectivity index (χ0) is 20.2. The number of imidazole rings is 1. The van der Waals surface area contributed by atoms with E-state index in [0.29, 0.717) is 23.0 Å². The molecule has 1 atom stereocenters. The molecule has 1 aliphatic carbocycles. The van der Waals surface area contributed by atoms with Crippen molar-refractivity contribution >= 4 is 40.6 Å². The molecule has 152 valence electrons. The van der Waals surface area contributed by atoms with Crippen molar-refractivity contribution in [1.82, 2.24) is 20.2 Å². The third kappa shape index (κ3) is 5.00. The standard InChI is InChI=1S/C21H24N4O2S2/c1-14-5-6-17-15(10-14)11-18(29-17)21(27)24-23-20(26)7-9-28-13-16-12-25-8-3-2-4-19(25)22-16/h2-4,8,11-12,14H,5-7,9-10,13H2,1H3,(H,23,26)(H,24,27). The number of nitrogens with zero attached hydrogens (tertiary/aromatic N) is 2. The monoisotopic (exact) mass is 428 g/mol. The molecule has 2 N–H and O–H groups in total. The summed E-state index contributed by atoms with van der Waals surface area (Å²) in [5.74, 6) is 1.67. The van der Waals surface area contributed by atoms with Gasteiger partial charge in [0.15, 0.2) is 0 Å². The van der Waals surface area contributed by atoms with Gasteiger partial charge in [-0.05, 0) is 48.9 Å². The number of hydrazine groups is 1. The molecule has 3 aromatic rings. The minimum Gasteiger partial charge on any atom is -0.307 e. The van der Waals surface area contributed by atoms with Crippen LogP contribution in [0.1, 0.15) is 45.6 Å². The van der Waals surface area contributed by atoms with Crippen LogP contribution in [0.4, 0.5) is 0 Å². The molecule has 0 saturated carbocycles. The van der Waals surface area contributed by atoms with E-state index in [1.807, 2.05) is 41.1 Å². The van der Waals surface area contributed by atoms with E-state index in [1.54, 1.807) is 23.1 Å². The first-order valence-electron chi connectivity index (χ1n) is 9.79. The Balaban J connectivity index is 1.17. The van der Waals surface area contributed by atoms with Gasteiger partial charge in [-0.25, -0.2) is 4.98 Å². The first-order chi connectivity index (χ1) is 14.1. The smallest absolute Gasteiger partial charge is 0.279 e. The van der Waals surface area contributed by atoms with Gasteiger partial charge in [-0.2, -0.15) is 11.8 Å². The maximum Gasteiger partial charge on any atom is 0.279 e. The van der Waals surface area contributed by atoms with Gasteiger partial charge in [-0.3, -0.25) is 20.4 Å². The minimum atomic E-state index is -0.234. The quantitative estimate of drug-likeness (QED) is 0.465. The number of fused-ring (bicyclic) bond motifs is 2. The molecular formula is C21H24N4O2S2. The summed E-state index contributed by atoms with van der Waals surface area (Å²) in [7, 11) is 0. The lowest BCUT2D eigenvalue weighted by Crippen LogP contribution is -2.41. The summed E-state index contributed by atoms with van der Waals surface area (Å²) in [6, 6.07) is 7.87. The SMILES string of the molecule is CC1CCc2sc(C(=O)NNC(=O)CCSCc3cn4ccccc4n3)cc2C1. The number of aryl methyl sites for hydroxylation is 1. The van der Waals surface area contributed by atoms with E-state index in [9.17, 15) is 9.59 Å². The molecular weight excluding hydrogens is 404 g/mol. The molecule has 6 nitrogen and oxygen atoms in total. The van der Waals surface area contributed by atoms with Crippen LogP contribution in [-0.4, -0.2) is 27.0 Å². The fourth-order valence-corrected chi connectivity index (χ4v) is 5.39. The first kappa shape index (κ1) is 20.0. The second-order valence-electron chi connectivity index (χ2n) is 7.41. The highest BCUT2D eigenvalue weighted by Crippen LogP contribution is 2.32. The van der Waals surface area contributed by atoms with Gasteiger partial charge in [0.2, 0.25) is 5.91 Å². The Kier molecular flexibility index (Phi) is 6.20. The summed E-state index contributed by atoms with van der Waals surface area (Å²) >= 11 is 3.19. The molecule has 0 bridgehead atoms. The molecule has 0 aliphatic heterocycles. The molecule has 1 unspecified atom stereocenters. The lowest BCUT2D eigenvalue weighted by Gasteiger charge is -2.16. The number of amides is 2. The molecule has 1 aliphatic rings. The van der Waals surface area contributed by atoms with E-state index in [2.05, 4.69) is 22.8 Å². The first-order valence-corrected chi connectivity index (χ1v) is 11.8. The molecule has 0 radical (unpaired) electrons. The average Bonchev–Trinajstić information content (AvgIpc) is 3.32. The van der Waals surface area contributed by atoms with Gasteiger partial charge in [0, 0.05) is 35.2 Å². The number of thioether (sulfide) groups is 1. The van der Waals surface area contributed by atoms with E-state index < -0.39 is 0 Å². The lowest BCUT2D eigenvalue weighted by molar-refractivity contribution is -0.121. The lowest BCUT2D eigenvalue weighted by atomic mass is 9.90. The van der Waals surface area contributed by atoms with Crippen molar-refractivity contribution in [3.8, 4) is 0 Å². The number of nitrogens with one attached hydrogen (secondary N) is 2. The van der Waals surface area contributed by atoms with E-state index >= 15 is 0 Å². The minimum absolute atomic E-state index is 0.184. The average molecular weight is 429 g/mol. The molecule has 0 aromatic carbocycles. The van der Waals surface area contributed by atoms with E-state index in [-0.39, 0.29) is 11.8 Å². The van der Waals surface area contributed by atoms with Crippen molar-refractivity contribution < 1.29 is 9.59 Å². The van der Waals surface area contributed by atoms with Crippen LogP contribution in [0.2, 0.25) is 0 Å². The Morgan fingerprint density at radius 1 is 1.34 bits per heavy atom. The molecule has 29 heavy (non-hydrogen) atoms. The van der Waals surface area contributed by atoms with Gasteiger partial charge in [0.25, 0.3) is 5.91 Å². The molecule has 2 amide bonds. The van der Waals surface area contributed by atoms with Gasteiger partial charge in [0.05, 0.1) is 10.6 Å². The summed E-state index contributed by atoms with van der Waals surface area (Å²) in [5, 5.41) is 0. The molecule has 0 saturated heterocycles. The number of thiophene rings is 1. The largest absolute Gasteiger partial charge is 0.307 e. The zero-order valence-electron chi connectivity index (χ0n) is 16.3. The third-order valence-electron chi connectivity index (χ3n) is 5.01. The summed E-state index contributed by atoms with van der Waals surface area (Å²) in [5.41, 5.74) is 8.27. The Bertz CT molecular complexity index is 994. The molecule has 3 heterocycles. The second-order valence-corrected chi connectivity index (χ2v) is 9.65. The highest BCUT2D eigenvalue weighted by atomic mass is 32.2. The predicted octanol–water partition coefficient (Wildman–Crippen LogP) is 3.61. The van der Waals surface area contributed by atoms with Crippen LogP contribution < -0.4 is 10.9 Å². The summed E-state index contributed by atoms with van der Waals surface area (Å²) in [4.78, 5) is 30.9. The van der Waals surface area contributed by atoms with Crippen molar-refractivity contribution in [2.45, 2.75) is 38.4 Å². The summed E-state index contributed by atoms with van der Waals surface area (Å²) in [6.45, 7) is 2.24. The Labute approximate surface area is 178 Å². The third-order valence-corrected chi connectivity index (χ3v) is 7.23. The number of carbonyl (C=O) groups is 2. The van der Waals surface area contributed by atoms with E-state index in [0.717, 1.165) is 29.9 Å². The van der Waals surface area contributed by atoms with Crippen LogP contribution >= 0.6 is 23.1 Å². The molecule has 4 rings (SSSR count). The highest BCUT2D eigenvalue weighted by molar-refractivity contribution is 7.98. The van der Waals surface area contributed by atoms with Gasteiger partial charge in [-0.15, -0.1) is 11.3 Å². The van der Waals surface area contributed by atoms with Crippen molar-refractivity contribution in [2.24, 2.45) is 5.92 Å². The number of rotatable bonds is 6. The highest BCUT2D eigenvalue weighted by Gasteiger charge is 2.20. The van der Waals surface area contributed by atoms with Crippen LogP contribution in [-0.2, 0) is 23.4 Å². The van der Waals surface area contributed by atoms with Gasteiger partial charge in [-0.1, -0.05) is 13.0 Å². The van der Waals surface area contributed by atoms with E-state index in [1.165, 1.54) is 16.9 Å². The number of carbonyl (C=O) groups excluding carboxylic acids is 2. The molecule has 3 aromatic heterocycles. The van der Waals surface area contributed by atoms with Crippen LogP contribution in [0.5, 0.6) is 0 Å². The van der Waals surface area contributed by atoms with Crippen LogP contribution in [0.15, 0.2) is 36.7 Å². The number of pyridine rings is 1. The van der Waals surface area contributed by atoms with Crippen molar-refractivity contribution in [3.05, 3.63) is 57.7 Å². The van der Waals surface area contributed by atoms with Crippen molar-refractivity contribution in [1.29, 1.82) is 0 Å². The molecule has 0 fully saturated rings. The number of hydrogen-bond acceptors (Lipinski definition) is 5. The fourth-order valence-electron chi connectivity index (χ4n) is 3.47. The topological polar surface area (TPSA) is 75.5 Å². The maximum atomic E-state index is 12.3. The fraction of sp³-hybridized carbons (Fsp3) is 0.381. The molecule has 0 spiro atoms. The normalized spacial score (nSPS) is 15.8. The van der Waals surface area contributed by atoms with Crippen LogP contribution in [0.25, 0.3) is 5.65 Å². The predicted molar refractivity (Wildman–Crippen MR) is 117 cm³/mol. The van der Waals surface area contributed by atoms with Gasteiger partial charge >= 0.3 is 0 Å². The van der Waals surface area contributed by atoms with E-state index in [4.69, 9.17) is 0 Å². The Morgan fingerprint density at radius 3 is 3.10 bits per heavy atom. The van der Waals surface area contributed by atoms with Crippen LogP contribution in [0.3, 0.4) is 0 Å².